The SMILES string of the molecule is CC(=O)ON=C(C)c1ccc2c(c1)-c1cc([N+](=O)[O-])ccc1C2. The van der Waals surface area contributed by atoms with Gasteiger partial charge in [0.15, 0.2) is 0 Å². The molecule has 0 saturated heterocycles. The summed E-state index contributed by atoms with van der Waals surface area (Å²) in [6, 6.07) is 10.7. The zero-order valence-electron chi connectivity index (χ0n) is 12.7. The molecule has 0 fully saturated rings. The summed E-state index contributed by atoms with van der Waals surface area (Å²) in [6.07, 6.45) is 0.753. The lowest BCUT2D eigenvalue weighted by Crippen LogP contribution is -2.00. The molecule has 0 radical (unpaired) electrons. The first kappa shape index (κ1) is 14.9. The van der Waals surface area contributed by atoms with Crippen LogP contribution in [0.5, 0.6) is 0 Å². The van der Waals surface area contributed by atoms with Crippen LogP contribution >= 0.6 is 0 Å². The second-order valence-corrected chi connectivity index (χ2v) is 5.41. The van der Waals surface area contributed by atoms with Gasteiger partial charge >= 0.3 is 5.97 Å². The fourth-order valence-electron chi connectivity index (χ4n) is 2.68. The summed E-state index contributed by atoms with van der Waals surface area (Å²) in [4.78, 5) is 26.1. The number of carbonyl (C=O) groups is 1. The first-order chi connectivity index (χ1) is 11.0. The Kier molecular flexibility index (Phi) is 3.65. The molecule has 0 bridgehead atoms. The van der Waals surface area contributed by atoms with Crippen LogP contribution in [0.3, 0.4) is 0 Å². The predicted octanol–water partition coefficient (Wildman–Crippen LogP) is 3.45. The summed E-state index contributed by atoms with van der Waals surface area (Å²) in [5, 5.41) is 14.8. The van der Waals surface area contributed by atoms with Crippen LogP contribution in [-0.2, 0) is 16.1 Å². The minimum Gasteiger partial charge on any atom is -0.318 e. The van der Waals surface area contributed by atoms with Gasteiger partial charge in [0, 0.05) is 19.1 Å². The third kappa shape index (κ3) is 2.83. The highest BCUT2D eigenvalue weighted by Gasteiger charge is 2.21. The highest BCUT2D eigenvalue weighted by molar-refractivity contribution is 6.00. The topological polar surface area (TPSA) is 81.8 Å². The Morgan fingerprint density at radius 3 is 2.43 bits per heavy atom. The summed E-state index contributed by atoms with van der Waals surface area (Å²) in [5.41, 5.74) is 5.47. The van der Waals surface area contributed by atoms with E-state index in [1.165, 1.54) is 13.0 Å². The standard InChI is InChI=1S/C17H14N2O4/c1-10(18-23-11(2)20)12-3-4-13-7-14-5-6-15(19(21)22)9-17(14)16(13)8-12/h3-6,8-9H,7H2,1-2H3. The van der Waals surface area contributed by atoms with Crippen molar-refractivity contribution in [2.24, 2.45) is 5.16 Å². The van der Waals surface area contributed by atoms with E-state index in [1.54, 1.807) is 19.1 Å². The molecule has 0 heterocycles. The molecule has 3 rings (SSSR count). The quantitative estimate of drug-likeness (QED) is 0.321. The first-order valence-corrected chi connectivity index (χ1v) is 7.09. The molecule has 0 amide bonds. The number of nitro groups is 1. The van der Waals surface area contributed by atoms with Gasteiger partial charge in [-0.3, -0.25) is 10.1 Å². The van der Waals surface area contributed by atoms with Crippen LogP contribution in [0.1, 0.15) is 30.5 Å². The van der Waals surface area contributed by atoms with Crippen molar-refractivity contribution in [3.05, 3.63) is 63.2 Å². The molecule has 0 N–H and O–H groups in total. The lowest BCUT2D eigenvalue weighted by molar-refractivity contribution is -0.384. The summed E-state index contributed by atoms with van der Waals surface area (Å²) in [5.74, 6) is -0.480. The van der Waals surface area contributed by atoms with Crippen LogP contribution in [0.2, 0.25) is 0 Å². The minimum atomic E-state index is -0.480. The van der Waals surface area contributed by atoms with Crippen LogP contribution in [-0.4, -0.2) is 16.6 Å². The predicted molar refractivity (Wildman–Crippen MR) is 85.3 cm³/mol. The maximum atomic E-state index is 11.0. The fraction of sp³-hybridized carbons (Fsp3) is 0.176. The molecule has 0 spiro atoms. The Hall–Kier alpha value is -3.02. The molecule has 6 heteroatoms. The van der Waals surface area contributed by atoms with E-state index in [0.717, 1.165) is 34.2 Å². The molecule has 0 atom stereocenters. The second kappa shape index (κ2) is 5.64. The number of benzene rings is 2. The van der Waals surface area contributed by atoms with Crippen LogP contribution in [0.25, 0.3) is 11.1 Å². The number of nitrogens with zero attached hydrogens (tertiary/aromatic N) is 2. The van der Waals surface area contributed by atoms with Gasteiger partial charge in [0.25, 0.3) is 5.69 Å². The zero-order valence-corrected chi connectivity index (χ0v) is 12.7. The van der Waals surface area contributed by atoms with E-state index in [9.17, 15) is 14.9 Å². The van der Waals surface area contributed by atoms with Gasteiger partial charge in [0.1, 0.15) is 0 Å². The third-order valence-corrected chi connectivity index (χ3v) is 3.81. The normalized spacial score (nSPS) is 12.5. The van der Waals surface area contributed by atoms with Crippen molar-refractivity contribution in [2.75, 3.05) is 0 Å². The minimum absolute atomic E-state index is 0.0762. The molecule has 1 aliphatic carbocycles. The average Bonchev–Trinajstić information content (AvgIpc) is 2.89. The first-order valence-electron chi connectivity index (χ1n) is 7.09. The summed E-state index contributed by atoms with van der Waals surface area (Å²) in [6.45, 7) is 3.03. The van der Waals surface area contributed by atoms with Gasteiger partial charge in [-0.05, 0) is 47.2 Å². The number of carbonyl (C=O) groups excluding carboxylic acids is 1. The van der Waals surface area contributed by atoms with E-state index >= 15 is 0 Å². The zero-order chi connectivity index (χ0) is 16.6. The lowest BCUT2D eigenvalue weighted by Gasteiger charge is -2.05. The smallest absolute Gasteiger partial charge is 0.318 e. The number of fused-ring (bicyclic) bond motifs is 3. The van der Waals surface area contributed by atoms with Crippen molar-refractivity contribution in [3.63, 3.8) is 0 Å². The maximum absolute atomic E-state index is 11.0. The number of hydrogen-bond donors (Lipinski definition) is 0. The van der Waals surface area contributed by atoms with E-state index < -0.39 is 10.9 Å². The van der Waals surface area contributed by atoms with Crippen molar-refractivity contribution in [2.45, 2.75) is 20.3 Å². The Bertz CT molecular complexity index is 856. The van der Waals surface area contributed by atoms with Crippen LogP contribution in [0.4, 0.5) is 5.69 Å². The van der Waals surface area contributed by atoms with Crippen LogP contribution in [0, 0.1) is 10.1 Å². The molecule has 2 aromatic carbocycles. The molecule has 6 nitrogen and oxygen atoms in total. The third-order valence-electron chi connectivity index (χ3n) is 3.81. The maximum Gasteiger partial charge on any atom is 0.331 e. The molecule has 0 aliphatic heterocycles. The number of non-ortho nitro benzene ring substituents is 1. The van der Waals surface area contributed by atoms with Gasteiger partial charge in [-0.1, -0.05) is 23.4 Å². The van der Waals surface area contributed by atoms with Gasteiger partial charge in [0.05, 0.1) is 10.6 Å². The summed E-state index contributed by atoms with van der Waals surface area (Å²) < 4.78 is 0. The van der Waals surface area contributed by atoms with Gasteiger partial charge in [-0.15, -0.1) is 0 Å². The molecule has 2 aromatic rings. The van der Waals surface area contributed by atoms with Gasteiger partial charge in [-0.2, -0.15) is 0 Å². The van der Waals surface area contributed by atoms with Gasteiger partial charge in [0.2, 0.25) is 0 Å². The summed E-state index contributed by atoms with van der Waals surface area (Å²) in [7, 11) is 0. The van der Waals surface area contributed by atoms with Crippen LogP contribution in [0.15, 0.2) is 41.6 Å². The number of nitro benzene ring substituents is 1. The van der Waals surface area contributed by atoms with Crippen molar-refractivity contribution in [1.82, 2.24) is 0 Å². The number of hydrogen-bond acceptors (Lipinski definition) is 5. The van der Waals surface area contributed by atoms with E-state index in [2.05, 4.69) is 9.99 Å². The average molecular weight is 310 g/mol. The fourth-order valence-corrected chi connectivity index (χ4v) is 2.68. The Morgan fingerprint density at radius 2 is 1.78 bits per heavy atom. The monoisotopic (exact) mass is 310 g/mol. The number of oxime groups is 1. The molecule has 0 saturated carbocycles. The molecular formula is C17H14N2O4. The van der Waals surface area contributed by atoms with E-state index in [-0.39, 0.29) is 5.69 Å². The van der Waals surface area contributed by atoms with Crippen molar-refractivity contribution < 1.29 is 14.6 Å². The summed E-state index contributed by atoms with van der Waals surface area (Å²) >= 11 is 0. The molecular weight excluding hydrogens is 296 g/mol. The van der Waals surface area contributed by atoms with Crippen molar-refractivity contribution >= 4 is 17.4 Å². The van der Waals surface area contributed by atoms with Gasteiger partial charge in [-0.25, -0.2) is 4.79 Å². The molecule has 23 heavy (non-hydrogen) atoms. The lowest BCUT2D eigenvalue weighted by atomic mass is 10.0. The second-order valence-electron chi connectivity index (χ2n) is 5.41. The molecule has 0 unspecified atom stereocenters. The Labute approximate surface area is 132 Å². The number of rotatable bonds is 3. The van der Waals surface area contributed by atoms with Gasteiger partial charge < -0.3 is 4.84 Å². The largest absolute Gasteiger partial charge is 0.331 e. The highest BCUT2D eigenvalue weighted by atomic mass is 16.7. The van der Waals surface area contributed by atoms with E-state index in [1.807, 2.05) is 18.2 Å². The van der Waals surface area contributed by atoms with E-state index in [4.69, 9.17) is 0 Å². The Morgan fingerprint density at radius 1 is 1.13 bits per heavy atom. The van der Waals surface area contributed by atoms with Crippen LogP contribution < -0.4 is 0 Å². The van der Waals surface area contributed by atoms with Crippen molar-refractivity contribution in [3.8, 4) is 11.1 Å². The Balaban J connectivity index is 2.03. The highest BCUT2D eigenvalue weighted by Crippen LogP contribution is 2.39. The molecule has 1 aliphatic rings. The molecule has 0 aromatic heterocycles. The molecule has 116 valence electrons. The van der Waals surface area contributed by atoms with Crippen molar-refractivity contribution in [1.29, 1.82) is 0 Å². The van der Waals surface area contributed by atoms with E-state index in [0.29, 0.717) is 5.71 Å².